The van der Waals surface area contributed by atoms with Gasteiger partial charge in [-0.15, -0.1) is 0 Å². The zero-order chi connectivity index (χ0) is 20.0. The van der Waals surface area contributed by atoms with Crippen molar-refractivity contribution in [3.05, 3.63) is 54.7 Å². The van der Waals surface area contributed by atoms with Crippen LogP contribution in [0.2, 0.25) is 0 Å². The fourth-order valence-corrected chi connectivity index (χ4v) is 3.23. The van der Waals surface area contributed by atoms with Gasteiger partial charge in [0.25, 0.3) is 0 Å². The van der Waals surface area contributed by atoms with Gasteiger partial charge in [-0.25, -0.2) is 24.9 Å². The number of carbonyl (C=O) groups excluding carboxylic acids is 1. The molecule has 0 saturated carbocycles. The summed E-state index contributed by atoms with van der Waals surface area (Å²) in [5.74, 6) is 1.40. The molecule has 0 radical (unpaired) electrons. The number of nitrogens with zero attached hydrogens (tertiary/aromatic N) is 6. The molecule has 0 atom stereocenters. The molecule has 5 heterocycles. The van der Waals surface area contributed by atoms with Gasteiger partial charge in [-0.2, -0.15) is 0 Å². The quantitative estimate of drug-likeness (QED) is 0.494. The Hall–Kier alpha value is -4.14. The second kappa shape index (κ2) is 6.48. The van der Waals surface area contributed by atoms with E-state index in [1.165, 1.54) is 6.92 Å². The van der Waals surface area contributed by atoms with E-state index in [1.807, 2.05) is 48.0 Å². The minimum atomic E-state index is -0.181. The number of aryl methyl sites for hydroxylation is 1. The highest BCUT2D eigenvalue weighted by atomic mass is 16.1. The lowest BCUT2D eigenvalue weighted by atomic mass is 10.3. The molecule has 0 saturated heterocycles. The number of carbonyl (C=O) groups is 1. The lowest BCUT2D eigenvalue weighted by Crippen LogP contribution is -2.07. The monoisotopic (exact) mass is 384 g/mol. The van der Waals surface area contributed by atoms with E-state index in [4.69, 9.17) is 4.98 Å². The molecule has 0 spiro atoms. The number of imidazole rings is 1. The van der Waals surface area contributed by atoms with Gasteiger partial charge < -0.3 is 10.3 Å². The highest BCUT2D eigenvalue weighted by Gasteiger charge is 2.16. The molecular weight excluding hydrogens is 368 g/mol. The highest BCUT2D eigenvalue weighted by Crippen LogP contribution is 2.26. The van der Waals surface area contributed by atoms with Gasteiger partial charge in [-0.3, -0.25) is 9.36 Å². The van der Waals surface area contributed by atoms with Crippen molar-refractivity contribution in [3.63, 3.8) is 0 Å². The molecule has 0 unspecified atom stereocenters. The topological polar surface area (TPSA) is 114 Å². The van der Waals surface area contributed by atoms with Gasteiger partial charge in [0.05, 0.1) is 11.8 Å². The number of hydrogen-bond acceptors (Lipinski definition) is 6. The Balaban J connectivity index is 1.74. The lowest BCUT2D eigenvalue weighted by Gasteiger charge is -2.09. The van der Waals surface area contributed by atoms with Gasteiger partial charge in [0.15, 0.2) is 22.8 Å². The van der Waals surface area contributed by atoms with Crippen LogP contribution in [0.15, 0.2) is 49.1 Å². The molecule has 1 amide bonds. The molecule has 5 aromatic heterocycles. The van der Waals surface area contributed by atoms with Crippen molar-refractivity contribution in [1.82, 2.24) is 34.5 Å². The largest absolute Gasteiger partial charge is 0.329 e. The summed E-state index contributed by atoms with van der Waals surface area (Å²) in [6.07, 6.45) is 5.20. The zero-order valence-corrected chi connectivity index (χ0v) is 15.7. The number of rotatable bonds is 3. The van der Waals surface area contributed by atoms with Crippen molar-refractivity contribution in [2.45, 2.75) is 13.8 Å². The maximum Gasteiger partial charge on any atom is 0.222 e. The number of nitrogens with one attached hydrogen (secondary N) is 2. The third kappa shape index (κ3) is 2.98. The first-order chi connectivity index (χ1) is 14.1. The van der Waals surface area contributed by atoms with Crippen molar-refractivity contribution in [3.8, 4) is 17.3 Å². The number of fused-ring (bicyclic) bond motifs is 2. The molecule has 0 bridgehead atoms. The van der Waals surface area contributed by atoms with Gasteiger partial charge in [0.2, 0.25) is 5.91 Å². The maximum atomic E-state index is 11.4. The molecular formula is C20H16N8O. The summed E-state index contributed by atoms with van der Waals surface area (Å²) in [6.45, 7) is 3.37. The second-order valence-electron chi connectivity index (χ2n) is 6.63. The van der Waals surface area contributed by atoms with Crippen LogP contribution in [-0.4, -0.2) is 40.4 Å². The van der Waals surface area contributed by atoms with E-state index >= 15 is 0 Å². The van der Waals surface area contributed by atoms with Crippen molar-refractivity contribution in [2.24, 2.45) is 0 Å². The van der Waals surface area contributed by atoms with Gasteiger partial charge in [0.1, 0.15) is 11.5 Å². The van der Waals surface area contributed by atoms with E-state index in [9.17, 15) is 4.79 Å². The van der Waals surface area contributed by atoms with E-state index in [0.29, 0.717) is 34.3 Å². The third-order valence-corrected chi connectivity index (χ3v) is 4.48. The number of aromatic nitrogens is 7. The molecule has 0 aliphatic rings. The molecule has 29 heavy (non-hydrogen) atoms. The standard InChI is InChI=1S/C20H16N8O/c1-11-4-3-5-14(24-11)18-26-19-17(22-10-23-19)20(27-18)28-7-6-13-9-21-16(8-15(13)28)25-12(2)29/h3-10H,1-2H3,(H,21,25,29)(H,22,23,26,27). The Labute approximate surface area is 164 Å². The van der Waals surface area contributed by atoms with Crippen LogP contribution < -0.4 is 5.32 Å². The summed E-state index contributed by atoms with van der Waals surface area (Å²) in [5, 5.41) is 3.63. The predicted molar refractivity (Wildman–Crippen MR) is 109 cm³/mol. The number of H-pyrrole nitrogens is 1. The fraction of sp³-hybridized carbons (Fsp3) is 0.100. The Kier molecular flexibility index (Phi) is 3.80. The Morgan fingerprint density at radius 2 is 2.03 bits per heavy atom. The molecule has 5 aromatic rings. The number of aromatic amines is 1. The second-order valence-corrected chi connectivity index (χ2v) is 6.63. The molecule has 0 aliphatic heterocycles. The van der Waals surface area contributed by atoms with Crippen molar-refractivity contribution < 1.29 is 4.79 Å². The Morgan fingerprint density at radius 3 is 2.86 bits per heavy atom. The first-order valence-electron chi connectivity index (χ1n) is 8.99. The minimum Gasteiger partial charge on any atom is -0.329 e. The van der Waals surface area contributed by atoms with E-state index in [-0.39, 0.29) is 5.91 Å². The SMILES string of the molecule is CC(=O)Nc1cc2c(ccn2-c2nc(-c3cccc(C)n3)nc3[nH]cnc23)cn1. The minimum absolute atomic E-state index is 0.181. The average Bonchev–Trinajstić information content (AvgIpc) is 3.33. The van der Waals surface area contributed by atoms with E-state index in [0.717, 1.165) is 16.6 Å². The smallest absolute Gasteiger partial charge is 0.222 e. The van der Waals surface area contributed by atoms with Gasteiger partial charge in [0, 0.05) is 36.5 Å². The first kappa shape index (κ1) is 17.0. The summed E-state index contributed by atoms with van der Waals surface area (Å²) < 4.78 is 1.91. The molecule has 9 heteroatoms. The van der Waals surface area contributed by atoms with E-state index in [1.54, 1.807) is 12.5 Å². The summed E-state index contributed by atoms with van der Waals surface area (Å²) in [6, 6.07) is 9.47. The van der Waals surface area contributed by atoms with Crippen LogP contribution >= 0.6 is 0 Å². The number of pyridine rings is 2. The fourth-order valence-electron chi connectivity index (χ4n) is 3.23. The van der Waals surface area contributed by atoms with Crippen LogP contribution in [0.25, 0.3) is 39.4 Å². The molecule has 9 nitrogen and oxygen atoms in total. The normalized spacial score (nSPS) is 11.2. The summed E-state index contributed by atoms with van der Waals surface area (Å²) in [7, 11) is 0. The van der Waals surface area contributed by atoms with Crippen LogP contribution in [0, 0.1) is 6.92 Å². The van der Waals surface area contributed by atoms with Crippen molar-refractivity contribution in [1.29, 1.82) is 0 Å². The van der Waals surface area contributed by atoms with Crippen LogP contribution in [0.5, 0.6) is 0 Å². The van der Waals surface area contributed by atoms with E-state index in [2.05, 4.69) is 30.2 Å². The summed E-state index contributed by atoms with van der Waals surface area (Å²) >= 11 is 0. The highest BCUT2D eigenvalue weighted by molar-refractivity contribution is 5.92. The van der Waals surface area contributed by atoms with Gasteiger partial charge in [-0.1, -0.05) is 6.07 Å². The van der Waals surface area contributed by atoms with E-state index < -0.39 is 0 Å². The molecule has 2 N–H and O–H groups in total. The molecule has 142 valence electrons. The predicted octanol–water partition coefficient (Wildman–Crippen LogP) is 3.02. The number of amides is 1. The summed E-state index contributed by atoms with van der Waals surface area (Å²) in [4.78, 5) is 37.0. The van der Waals surface area contributed by atoms with Gasteiger partial charge in [-0.05, 0) is 25.1 Å². The third-order valence-electron chi connectivity index (χ3n) is 4.48. The van der Waals surface area contributed by atoms with Gasteiger partial charge >= 0.3 is 0 Å². The maximum absolute atomic E-state index is 11.4. The first-order valence-corrected chi connectivity index (χ1v) is 8.99. The zero-order valence-electron chi connectivity index (χ0n) is 15.7. The molecule has 5 rings (SSSR count). The molecule has 0 fully saturated rings. The Bertz CT molecular complexity index is 1380. The molecule has 0 aromatic carbocycles. The lowest BCUT2D eigenvalue weighted by molar-refractivity contribution is -0.114. The summed E-state index contributed by atoms with van der Waals surface area (Å²) in [5.41, 5.74) is 3.66. The molecule has 0 aliphatic carbocycles. The average molecular weight is 384 g/mol. The van der Waals surface area contributed by atoms with Crippen LogP contribution in [0.4, 0.5) is 5.82 Å². The number of anilines is 1. The Morgan fingerprint density at radius 1 is 1.14 bits per heavy atom. The van der Waals surface area contributed by atoms with Crippen LogP contribution in [0.1, 0.15) is 12.6 Å². The van der Waals surface area contributed by atoms with Crippen LogP contribution in [-0.2, 0) is 4.79 Å². The van der Waals surface area contributed by atoms with Crippen molar-refractivity contribution >= 4 is 33.8 Å². The van der Waals surface area contributed by atoms with Crippen LogP contribution in [0.3, 0.4) is 0 Å². The van der Waals surface area contributed by atoms with Crippen molar-refractivity contribution in [2.75, 3.05) is 5.32 Å². The number of hydrogen-bond donors (Lipinski definition) is 2.